The maximum absolute atomic E-state index is 13.1. The Hall–Kier alpha value is -1.79. The molecule has 7 heteroatoms. The van der Waals surface area contributed by atoms with E-state index in [1.54, 1.807) is 25.9 Å². The van der Waals surface area contributed by atoms with Gasteiger partial charge in [-0.25, -0.2) is 4.79 Å². The third kappa shape index (κ3) is 6.99. The normalized spacial score (nSPS) is 15.6. The van der Waals surface area contributed by atoms with Crippen LogP contribution in [0.4, 0.5) is 4.79 Å². The standard InChI is InChI=1S/C21H41N3O4/c1-11-15(7)16(8)23(9)20(26)17(13(3)4)22-19(25)18(14(5)6)24(10)21(27)28-12-2/h13-18H,11-12H2,1-10H3,(H,22,25)/t15-,16+,17-,18-/m0/s1. The third-order valence-electron chi connectivity index (χ3n) is 5.53. The van der Waals surface area contributed by atoms with Gasteiger partial charge in [-0.05, 0) is 31.6 Å². The maximum Gasteiger partial charge on any atom is 0.410 e. The van der Waals surface area contributed by atoms with Gasteiger partial charge in [-0.2, -0.15) is 0 Å². The molecule has 0 fully saturated rings. The summed E-state index contributed by atoms with van der Waals surface area (Å²) in [4.78, 5) is 41.2. The molecule has 0 saturated carbocycles. The van der Waals surface area contributed by atoms with Crippen LogP contribution in [-0.2, 0) is 14.3 Å². The molecule has 0 unspecified atom stereocenters. The Bertz CT molecular complexity index is 522. The molecule has 0 aromatic rings. The summed E-state index contributed by atoms with van der Waals surface area (Å²) in [5.41, 5.74) is 0. The van der Waals surface area contributed by atoms with E-state index in [1.807, 2.05) is 34.6 Å². The molecule has 0 aromatic heterocycles. The highest BCUT2D eigenvalue weighted by Gasteiger charge is 2.36. The van der Waals surface area contributed by atoms with Gasteiger partial charge in [0.1, 0.15) is 12.1 Å². The molecule has 0 spiro atoms. The van der Waals surface area contributed by atoms with Crippen LogP contribution in [0.25, 0.3) is 0 Å². The number of amides is 3. The van der Waals surface area contributed by atoms with E-state index in [2.05, 4.69) is 19.2 Å². The number of hydrogen-bond acceptors (Lipinski definition) is 4. The van der Waals surface area contributed by atoms with Crippen molar-refractivity contribution in [3.05, 3.63) is 0 Å². The highest BCUT2D eigenvalue weighted by atomic mass is 16.6. The number of nitrogens with zero attached hydrogens (tertiary/aromatic N) is 2. The van der Waals surface area contributed by atoms with E-state index in [0.717, 1.165) is 6.42 Å². The van der Waals surface area contributed by atoms with Gasteiger partial charge < -0.3 is 15.0 Å². The van der Waals surface area contributed by atoms with Crippen molar-refractivity contribution in [1.29, 1.82) is 0 Å². The molecule has 0 aliphatic heterocycles. The minimum absolute atomic E-state index is 0.0683. The Morgan fingerprint density at radius 1 is 0.893 bits per heavy atom. The Kier molecular flexibility index (Phi) is 11.2. The quantitative estimate of drug-likeness (QED) is 0.612. The van der Waals surface area contributed by atoms with Gasteiger partial charge in [-0.3, -0.25) is 14.5 Å². The van der Waals surface area contributed by atoms with Gasteiger partial charge in [-0.1, -0.05) is 48.0 Å². The second-order valence-corrected chi connectivity index (χ2v) is 8.30. The van der Waals surface area contributed by atoms with Gasteiger partial charge in [0, 0.05) is 20.1 Å². The number of carbonyl (C=O) groups excluding carboxylic acids is 3. The number of likely N-dealkylation sites (N-methyl/N-ethyl adjacent to an activating group) is 2. The van der Waals surface area contributed by atoms with Crippen molar-refractivity contribution >= 4 is 17.9 Å². The Morgan fingerprint density at radius 3 is 1.82 bits per heavy atom. The van der Waals surface area contributed by atoms with E-state index in [9.17, 15) is 14.4 Å². The molecule has 0 aliphatic carbocycles. The number of nitrogens with one attached hydrogen (secondary N) is 1. The van der Waals surface area contributed by atoms with Crippen LogP contribution >= 0.6 is 0 Å². The highest BCUT2D eigenvalue weighted by Crippen LogP contribution is 2.17. The molecule has 1 N–H and O–H groups in total. The lowest BCUT2D eigenvalue weighted by molar-refractivity contribution is -0.140. The van der Waals surface area contributed by atoms with E-state index in [-0.39, 0.29) is 36.3 Å². The van der Waals surface area contributed by atoms with Crippen molar-refractivity contribution in [3.63, 3.8) is 0 Å². The van der Waals surface area contributed by atoms with Crippen molar-refractivity contribution in [2.75, 3.05) is 20.7 Å². The second-order valence-electron chi connectivity index (χ2n) is 8.30. The van der Waals surface area contributed by atoms with Crippen LogP contribution in [0.5, 0.6) is 0 Å². The van der Waals surface area contributed by atoms with Crippen LogP contribution < -0.4 is 5.32 Å². The SMILES string of the molecule is CCOC(=O)N(C)[C@H](C(=O)N[C@H](C(=O)N(C)[C@H](C)[C@@H](C)CC)C(C)C)C(C)C. The van der Waals surface area contributed by atoms with Crippen LogP contribution in [0.15, 0.2) is 0 Å². The molecule has 3 amide bonds. The zero-order valence-electron chi connectivity index (χ0n) is 19.4. The van der Waals surface area contributed by atoms with E-state index < -0.39 is 18.2 Å². The molecule has 0 rings (SSSR count). The van der Waals surface area contributed by atoms with Crippen LogP contribution in [-0.4, -0.2) is 66.5 Å². The van der Waals surface area contributed by atoms with E-state index in [4.69, 9.17) is 4.74 Å². The average molecular weight is 400 g/mol. The first-order valence-corrected chi connectivity index (χ1v) is 10.4. The lowest BCUT2D eigenvalue weighted by Gasteiger charge is -2.35. The maximum atomic E-state index is 13.1. The molecule has 0 radical (unpaired) electrons. The zero-order chi connectivity index (χ0) is 22.2. The lowest BCUT2D eigenvalue weighted by atomic mass is 9.96. The van der Waals surface area contributed by atoms with Crippen LogP contribution in [0.1, 0.15) is 61.8 Å². The van der Waals surface area contributed by atoms with Crippen LogP contribution in [0, 0.1) is 17.8 Å². The van der Waals surface area contributed by atoms with Gasteiger partial charge in [0.15, 0.2) is 0 Å². The molecular formula is C21H41N3O4. The summed E-state index contributed by atoms with van der Waals surface area (Å²) >= 11 is 0. The first kappa shape index (κ1) is 26.2. The van der Waals surface area contributed by atoms with E-state index >= 15 is 0 Å². The predicted molar refractivity (Wildman–Crippen MR) is 112 cm³/mol. The fourth-order valence-corrected chi connectivity index (χ4v) is 3.16. The summed E-state index contributed by atoms with van der Waals surface area (Å²) in [6.45, 7) is 15.7. The van der Waals surface area contributed by atoms with Crippen molar-refractivity contribution in [1.82, 2.24) is 15.1 Å². The van der Waals surface area contributed by atoms with Gasteiger partial charge in [0.2, 0.25) is 11.8 Å². The molecular weight excluding hydrogens is 358 g/mol. The number of hydrogen-bond donors (Lipinski definition) is 1. The first-order chi connectivity index (χ1) is 12.9. The molecule has 0 bridgehead atoms. The minimum Gasteiger partial charge on any atom is -0.450 e. The van der Waals surface area contributed by atoms with Crippen LogP contribution in [0.2, 0.25) is 0 Å². The van der Waals surface area contributed by atoms with Gasteiger partial charge in [0.25, 0.3) is 0 Å². The largest absolute Gasteiger partial charge is 0.450 e. The fraction of sp³-hybridized carbons (Fsp3) is 0.857. The summed E-state index contributed by atoms with van der Waals surface area (Å²) < 4.78 is 5.03. The molecule has 0 aliphatic rings. The molecule has 4 atom stereocenters. The molecule has 164 valence electrons. The zero-order valence-corrected chi connectivity index (χ0v) is 19.4. The molecule has 0 saturated heterocycles. The van der Waals surface area contributed by atoms with E-state index in [0.29, 0.717) is 5.92 Å². The minimum atomic E-state index is -0.717. The lowest BCUT2D eigenvalue weighted by Crippen LogP contribution is -2.58. The van der Waals surface area contributed by atoms with Gasteiger partial charge in [0.05, 0.1) is 6.61 Å². The Labute approximate surface area is 171 Å². The van der Waals surface area contributed by atoms with Gasteiger partial charge in [-0.15, -0.1) is 0 Å². The number of rotatable bonds is 10. The smallest absolute Gasteiger partial charge is 0.410 e. The monoisotopic (exact) mass is 399 g/mol. The molecule has 7 nitrogen and oxygen atoms in total. The van der Waals surface area contributed by atoms with Crippen molar-refractivity contribution < 1.29 is 19.1 Å². The predicted octanol–water partition coefficient (Wildman–Crippen LogP) is 3.13. The molecule has 0 aromatic carbocycles. The average Bonchev–Trinajstić information content (AvgIpc) is 2.63. The topological polar surface area (TPSA) is 79.0 Å². The highest BCUT2D eigenvalue weighted by molar-refractivity contribution is 5.91. The summed E-state index contributed by atoms with van der Waals surface area (Å²) in [6.07, 6.45) is 0.420. The summed E-state index contributed by atoms with van der Waals surface area (Å²) in [6, 6.07) is -1.30. The summed E-state index contributed by atoms with van der Waals surface area (Å²) in [5.74, 6) is -0.312. The number of carbonyl (C=O) groups is 3. The molecule has 28 heavy (non-hydrogen) atoms. The van der Waals surface area contributed by atoms with Gasteiger partial charge >= 0.3 is 6.09 Å². The molecule has 0 heterocycles. The Morgan fingerprint density at radius 2 is 1.43 bits per heavy atom. The summed E-state index contributed by atoms with van der Waals surface area (Å²) in [5, 5.41) is 2.89. The van der Waals surface area contributed by atoms with Crippen molar-refractivity contribution in [2.24, 2.45) is 17.8 Å². The second kappa shape index (κ2) is 11.9. The third-order valence-corrected chi connectivity index (χ3v) is 5.53. The van der Waals surface area contributed by atoms with Crippen molar-refractivity contribution in [3.8, 4) is 0 Å². The summed E-state index contributed by atoms with van der Waals surface area (Å²) in [7, 11) is 3.33. The van der Waals surface area contributed by atoms with Crippen LogP contribution in [0.3, 0.4) is 0 Å². The Balaban J connectivity index is 5.46. The number of ether oxygens (including phenoxy) is 1. The first-order valence-electron chi connectivity index (χ1n) is 10.4. The fourth-order valence-electron chi connectivity index (χ4n) is 3.16. The van der Waals surface area contributed by atoms with Crippen molar-refractivity contribution in [2.45, 2.75) is 79.9 Å². The van der Waals surface area contributed by atoms with E-state index in [1.165, 1.54) is 4.90 Å².